The molecular formula is C90H64Cd2N2O20+2. The number of ketones is 8. The van der Waals surface area contributed by atoms with E-state index in [1.165, 1.54) is 58.3 Å². The summed E-state index contributed by atoms with van der Waals surface area (Å²) in [6.07, 6.45) is 1.50. The molecule has 4 aliphatic rings. The monoisotopic (exact) mass is 1720 g/mol. The third kappa shape index (κ3) is 18.3. The molecule has 0 aromatic heterocycles. The van der Waals surface area contributed by atoms with Gasteiger partial charge in [-0.1, -0.05) is 243 Å². The second kappa shape index (κ2) is 38.5. The van der Waals surface area contributed by atoms with E-state index in [9.17, 15) is 87.5 Å². The van der Waals surface area contributed by atoms with Gasteiger partial charge in [0.05, 0.1) is 23.9 Å². The molecule has 0 saturated heterocycles. The van der Waals surface area contributed by atoms with Crippen LogP contribution in [0.25, 0.3) is 44.5 Å². The molecular weight excluding hydrogens is 1650 g/mol. The van der Waals surface area contributed by atoms with Gasteiger partial charge in [-0.3, -0.25) is 47.9 Å². The van der Waals surface area contributed by atoms with Crippen molar-refractivity contribution in [2.45, 2.75) is 0 Å². The number of amides is 2. The molecule has 12 aromatic rings. The summed E-state index contributed by atoms with van der Waals surface area (Å²) in [5.41, 5.74) is 10.0. The third-order valence-corrected chi connectivity index (χ3v) is 17.9. The van der Waals surface area contributed by atoms with Crippen molar-refractivity contribution in [3.8, 4) is 44.5 Å². The van der Waals surface area contributed by atoms with Crippen LogP contribution in [0, 0.1) is 0 Å². The van der Waals surface area contributed by atoms with Gasteiger partial charge in [0.2, 0.25) is 12.8 Å². The molecule has 0 aliphatic heterocycles. The van der Waals surface area contributed by atoms with Crippen LogP contribution in [0.2, 0.25) is 0 Å². The summed E-state index contributed by atoms with van der Waals surface area (Å²) in [6, 6.07) is 71.7. The van der Waals surface area contributed by atoms with Crippen LogP contribution in [0.15, 0.2) is 267 Å². The molecule has 24 heteroatoms. The largest absolute Gasteiger partial charge is 2.00 e. The van der Waals surface area contributed by atoms with E-state index in [4.69, 9.17) is 0 Å². The Morgan fingerprint density at radius 3 is 0.526 bits per heavy atom. The molecule has 114 heavy (non-hydrogen) atoms. The van der Waals surface area contributed by atoms with Crippen molar-refractivity contribution in [3.05, 3.63) is 378 Å². The van der Waals surface area contributed by atoms with Gasteiger partial charge in [-0.05, 0) is 91.0 Å². The molecule has 0 spiro atoms. The van der Waals surface area contributed by atoms with Crippen LogP contribution in [0.5, 0.6) is 0 Å². The third-order valence-electron chi connectivity index (χ3n) is 17.9. The maximum Gasteiger partial charge on any atom is 2.00 e. The summed E-state index contributed by atoms with van der Waals surface area (Å²) in [5.74, 6) is -6.94. The predicted molar refractivity (Wildman–Crippen MR) is 407 cm³/mol. The maximum atomic E-state index is 13.0. The zero-order valence-corrected chi connectivity index (χ0v) is 69.4. The first kappa shape index (κ1) is 87.8. The Morgan fingerprint density at radius 1 is 0.228 bits per heavy atom. The van der Waals surface area contributed by atoms with Crippen LogP contribution in [0.1, 0.15) is 169 Å². The molecule has 0 bridgehead atoms. The molecule has 16 rings (SSSR count). The predicted octanol–water partition coefficient (Wildman–Crippen LogP) is 7.53. The van der Waals surface area contributed by atoms with Crippen molar-refractivity contribution in [1.29, 1.82) is 0 Å². The number of fused-ring (bicyclic) bond motifs is 8. The van der Waals surface area contributed by atoms with E-state index in [1.807, 2.05) is 0 Å². The van der Waals surface area contributed by atoms with Crippen molar-refractivity contribution >= 4 is 83.0 Å². The summed E-state index contributed by atoms with van der Waals surface area (Å²) in [7, 11) is 6.75. The van der Waals surface area contributed by atoms with E-state index >= 15 is 0 Å². The van der Waals surface area contributed by atoms with Gasteiger partial charge in [0.1, 0.15) is 0 Å². The van der Waals surface area contributed by atoms with Crippen LogP contribution >= 0.6 is 0 Å². The molecule has 22 nitrogen and oxygen atoms in total. The summed E-state index contributed by atoms with van der Waals surface area (Å²) in [5, 5.41) is 44.5. The minimum Gasteiger partial charge on any atom is -0.545 e. The van der Waals surface area contributed by atoms with Gasteiger partial charge in [0.15, 0.2) is 46.3 Å². The number of nitrogens with zero attached hydrogens (tertiary/aromatic N) is 2. The number of benzene rings is 12. The zero-order valence-electron chi connectivity index (χ0n) is 61.4. The molecule has 0 heterocycles. The first-order valence-electron chi connectivity index (χ1n) is 33.6. The molecule has 12 aromatic carbocycles. The average Bonchev–Trinajstić information content (AvgIpc) is 0.766. The Labute approximate surface area is 691 Å². The standard InChI is InChI=1S/4C21H12O4.2C3H7NO.2Cd.2H2O/c4*22-19-15-7-1-2-8-16(15)20(23)18-14(9-4-10-17(18)19)12-5-3-6-13(11-12)21(24)25;2*1-4(2)3-5;;;;/h4*1-11H,(H,24,25);2*3H,1-2H3;;;2*1H2/q;;;;;;2*+2;;/p-2. The van der Waals surface area contributed by atoms with E-state index in [1.54, 1.807) is 247 Å². The fraction of sp³-hybridized carbons (Fsp3) is 0.0444. The Hall–Kier alpha value is -13.4. The van der Waals surface area contributed by atoms with Crippen molar-refractivity contribution in [1.82, 2.24) is 9.80 Å². The summed E-state index contributed by atoms with van der Waals surface area (Å²) in [4.78, 5) is 169. The first-order valence-corrected chi connectivity index (χ1v) is 33.6. The number of carboxylic acid groups (broad SMARTS) is 4. The number of carbonyl (C=O) groups excluding carboxylic acids is 14. The number of aromatic carboxylic acids is 4. The summed E-state index contributed by atoms with van der Waals surface area (Å²) in [6.45, 7) is 0. The molecule has 0 fully saturated rings. The van der Waals surface area contributed by atoms with Crippen LogP contribution < -0.4 is 20.4 Å². The second-order valence-corrected chi connectivity index (χ2v) is 25.3. The van der Waals surface area contributed by atoms with Gasteiger partial charge < -0.3 is 60.4 Å². The second-order valence-electron chi connectivity index (χ2n) is 25.3. The van der Waals surface area contributed by atoms with Gasteiger partial charge in [-0.15, -0.1) is 0 Å². The van der Waals surface area contributed by atoms with Gasteiger partial charge >= 0.3 is 54.6 Å². The van der Waals surface area contributed by atoms with Crippen LogP contribution in [0.3, 0.4) is 0 Å². The van der Waals surface area contributed by atoms with E-state index in [0.717, 1.165) is 12.8 Å². The maximum absolute atomic E-state index is 13.0. The van der Waals surface area contributed by atoms with Gasteiger partial charge in [-0.2, -0.15) is 0 Å². The number of carboxylic acids is 4. The van der Waals surface area contributed by atoms with E-state index < -0.39 is 23.9 Å². The average molecular weight is 1720 g/mol. The fourth-order valence-electron chi connectivity index (χ4n) is 12.8. The summed E-state index contributed by atoms with van der Waals surface area (Å²) < 4.78 is 0. The minimum atomic E-state index is -1.29. The van der Waals surface area contributed by atoms with Gasteiger partial charge in [0, 0.05) is 117 Å². The topological polar surface area (TPSA) is 404 Å². The van der Waals surface area contributed by atoms with Crippen LogP contribution in [-0.4, -0.2) is 121 Å². The molecule has 6 N–H and O–H groups in total. The molecule has 2 amide bonds. The van der Waals surface area contributed by atoms with Crippen molar-refractivity contribution in [2.75, 3.05) is 28.2 Å². The Bertz CT molecular complexity index is 5200. The number of rotatable bonds is 10. The van der Waals surface area contributed by atoms with E-state index in [2.05, 4.69) is 0 Å². The fourth-order valence-corrected chi connectivity index (χ4v) is 12.8. The van der Waals surface area contributed by atoms with Crippen LogP contribution in [-0.2, 0) is 75.1 Å². The SMILES string of the molecule is CN(C)C=O.CN(C)C=O.O=C([O-])c1cccc(-c2cccc3c2C(=O)c2ccccc2C3=O)c1.O=C([O-])c1cccc(-c2cccc3c2C(=O)c2ccccc2C3=O)c1.O=C([O-])c1cccc(-c2cccc3c2C(=O)c2ccccc2C3=O)c1.O=C([O-])c1cccc(-c2cccc3c2C(=O)c2ccccc2C3=O)c1.[Cd+2].[Cd+2].[OH3+].[OH3+]. The Balaban J connectivity index is 0.000000200. The molecule has 0 atom stereocenters. The van der Waals surface area contributed by atoms with E-state index in [-0.39, 0.29) is 134 Å². The first-order chi connectivity index (χ1) is 52.8. The van der Waals surface area contributed by atoms with Crippen molar-refractivity contribution < 1.29 is 153 Å². The Kier molecular flexibility index (Phi) is 29.6. The molecule has 0 unspecified atom stereocenters. The number of hydrogen-bond acceptors (Lipinski definition) is 18. The molecule has 0 radical (unpaired) electrons. The molecule has 0 saturated carbocycles. The van der Waals surface area contributed by atoms with Crippen LogP contribution in [0.4, 0.5) is 0 Å². The van der Waals surface area contributed by atoms with Gasteiger partial charge in [0.25, 0.3) is 0 Å². The van der Waals surface area contributed by atoms with E-state index in [0.29, 0.717) is 134 Å². The van der Waals surface area contributed by atoms with Crippen molar-refractivity contribution in [2.24, 2.45) is 0 Å². The number of hydrogen-bond donors (Lipinski definition) is 0. The minimum absolute atomic E-state index is 0. The molecule has 556 valence electrons. The van der Waals surface area contributed by atoms with Gasteiger partial charge in [-0.25, -0.2) is 0 Å². The zero-order chi connectivity index (χ0) is 78.8. The molecule has 4 aliphatic carbocycles. The number of carbonyl (C=O) groups is 14. The summed E-state index contributed by atoms with van der Waals surface area (Å²) >= 11 is 0. The van der Waals surface area contributed by atoms with Crippen molar-refractivity contribution in [3.63, 3.8) is 0 Å². The normalized spacial score (nSPS) is 11.5. The quantitative estimate of drug-likeness (QED) is 0.0725. The Morgan fingerprint density at radius 2 is 0.368 bits per heavy atom. The smallest absolute Gasteiger partial charge is 0.545 e.